The Morgan fingerprint density at radius 2 is 2.26 bits per heavy atom. The number of hydrogen-bond acceptors (Lipinski definition) is 5. The fourth-order valence-corrected chi connectivity index (χ4v) is 2.88. The Morgan fingerprint density at radius 3 is 2.96 bits per heavy atom. The molecular formula is C16H16N4O2S. The van der Waals surface area contributed by atoms with Gasteiger partial charge in [0.2, 0.25) is 0 Å². The van der Waals surface area contributed by atoms with Crippen molar-refractivity contribution >= 4 is 23.1 Å². The minimum atomic E-state index is -0.252. The molecule has 118 valence electrons. The minimum Gasteiger partial charge on any atom is -0.394 e. The van der Waals surface area contributed by atoms with Crippen LogP contribution in [0, 0.1) is 6.92 Å². The van der Waals surface area contributed by atoms with Gasteiger partial charge in [0.15, 0.2) is 0 Å². The monoisotopic (exact) mass is 328 g/mol. The van der Waals surface area contributed by atoms with Crippen LogP contribution in [0.5, 0.6) is 0 Å². The zero-order valence-electron chi connectivity index (χ0n) is 12.6. The molecule has 0 fully saturated rings. The third kappa shape index (κ3) is 3.46. The number of nitrogens with one attached hydrogen (secondary N) is 1. The highest BCUT2D eigenvalue weighted by Gasteiger charge is 2.14. The van der Waals surface area contributed by atoms with Crippen LogP contribution in [0.15, 0.2) is 42.0 Å². The first-order chi connectivity index (χ1) is 11.2. The number of nitrogens with zero attached hydrogens (tertiary/aromatic N) is 3. The van der Waals surface area contributed by atoms with Gasteiger partial charge in [-0.1, -0.05) is 6.07 Å². The number of rotatable bonds is 5. The number of amides is 1. The molecule has 3 aromatic heterocycles. The van der Waals surface area contributed by atoms with Gasteiger partial charge in [-0.25, -0.2) is 4.68 Å². The van der Waals surface area contributed by atoms with Crippen LogP contribution in [-0.2, 0) is 6.54 Å². The highest BCUT2D eigenvalue weighted by molar-refractivity contribution is 7.13. The smallest absolute Gasteiger partial charge is 0.258 e. The predicted octanol–water partition coefficient (Wildman–Crippen LogP) is 2.56. The minimum absolute atomic E-state index is 0.0551. The Kier molecular flexibility index (Phi) is 4.50. The molecule has 0 aliphatic heterocycles. The molecule has 1 amide bonds. The molecule has 23 heavy (non-hydrogen) atoms. The second kappa shape index (κ2) is 6.72. The second-order valence-electron chi connectivity index (χ2n) is 5.04. The van der Waals surface area contributed by atoms with Crippen LogP contribution in [-0.4, -0.2) is 32.4 Å². The summed E-state index contributed by atoms with van der Waals surface area (Å²) in [4.78, 5) is 17.4. The first-order valence-corrected chi connectivity index (χ1v) is 8.01. The molecule has 0 saturated carbocycles. The predicted molar refractivity (Wildman–Crippen MR) is 89.6 cm³/mol. The zero-order valence-corrected chi connectivity index (χ0v) is 13.4. The molecule has 0 aliphatic rings. The van der Waals surface area contributed by atoms with Crippen molar-refractivity contribution in [3.63, 3.8) is 0 Å². The van der Waals surface area contributed by atoms with Crippen molar-refractivity contribution in [2.45, 2.75) is 13.5 Å². The van der Waals surface area contributed by atoms with E-state index in [1.165, 1.54) is 6.20 Å². The van der Waals surface area contributed by atoms with Gasteiger partial charge in [-0.3, -0.25) is 9.78 Å². The summed E-state index contributed by atoms with van der Waals surface area (Å²) >= 11 is 1.57. The van der Waals surface area contributed by atoms with E-state index in [0.717, 1.165) is 16.1 Å². The molecule has 0 aromatic carbocycles. The molecule has 0 saturated heterocycles. The lowest BCUT2D eigenvalue weighted by Gasteiger charge is -2.07. The molecule has 0 bridgehead atoms. The summed E-state index contributed by atoms with van der Waals surface area (Å²) < 4.78 is 1.59. The normalized spacial score (nSPS) is 10.7. The SMILES string of the molecule is Cc1cncc(C(=O)Nc2cc(-c3cccs3)nn2CCO)c1. The fraction of sp³-hybridized carbons (Fsp3) is 0.188. The first kappa shape index (κ1) is 15.4. The molecule has 0 atom stereocenters. The number of aryl methyl sites for hydroxylation is 1. The average molecular weight is 328 g/mol. The van der Waals surface area contributed by atoms with E-state index in [9.17, 15) is 9.90 Å². The van der Waals surface area contributed by atoms with Crippen LogP contribution in [0.2, 0.25) is 0 Å². The maximum absolute atomic E-state index is 12.4. The van der Waals surface area contributed by atoms with Gasteiger partial charge in [-0.05, 0) is 30.0 Å². The van der Waals surface area contributed by atoms with Gasteiger partial charge in [0.05, 0.1) is 23.6 Å². The van der Waals surface area contributed by atoms with E-state index in [1.807, 2.05) is 30.5 Å². The number of aromatic nitrogens is 3. The third-order valence-corrected chi connectivity index (χ3v) is 4.14. The summed E-state index contributed by atoms with van der Waals surface area (Å²) in [6.45, 7) is 2.14. The highest BCUT2D eigenvalue weighted by atomic mass is 32.1. The van der Waals surface area contributed by atoms with Crippen molar-refractivity contribution in [1.29, 1.82) is 0 Å². The van der Waals surface area contributed by atoms with E-state index in [-0.39, 0.29) is 12.5 Å². The van der Waals surface area contributed by atoms with Crippen molar-refractivity contribution < 1.29 is 9.90 Å². The zero-order chi connectivity index (χ0) is 16.2. The van der Waals surface area contributed by atoms with Gasteiger partial charge in [0.25, 0.3) is 5.91 Å². The van der Waals surface area contributed by atoms with Gasteiger partial charge in [0, 0.05) is 18.5 Å². The highest BCUT2D eigenvalue weighted by Crippen LogP contribution is 2.26. The quantitative estimate of drug-likeness (QED) is 0.754. The molecule has 6 nitrogen and oxygen atoms in total. The number of aliphatic hydroxyl groups excluding tert-OH is 1. The van der Waals surface area contributed by atoms with E-state index < -0.39 is 0 Å². The standard InChI is InChI=1S/C16H16N4O2S/c1-11-7-12(10-17-9-11)16(22)18-15-8-13(14-3-2-6-23-14)19-20(15)4-5-21/h2-3,6-10,21H,4-5H2,1H3,(H,18,22). The fourth-order valence-electron chi connectivity index (χ4n) is 2.19. The van der Waals surface area contributed by atoms with E-state index in [2.05, 4.69) is 15.4 Å². The van der Waals surface area contributed by atoms with Gasteiger partial charge >= 0.3 is 0 Å². The van der Waals surface area contributed by atoms with Crippen molar-refractivity contribution in [3.8, 4) is 10.6 Å². The van der Waals surface area contributed by atoms with Crippen LogP contribution in [0.4, 0.5) is 5.82 Å². The van der Waals surface area contributed by atoms with Gasteiger partial charge in [-0.2, -0.15) is 5.10 Å². The molecule has 0 aliphatic carbocycles. The van der Waals surface area contributed by atoms with Crippen LogP contribution < -0.4 is 5.32 Å². The van der Waals surface area contributed by atoms with E-state index in [0.29, 0.717) is 17.9 Å². The summed E-state index contributed by atoms with van der Waals surface area (Å²) in [7, 11) is 0. The Hall–Kier alpha value is -2.51. The largest absolute Gasteiger partial charge is 0.394 e. The topological polar surface area (TPSA) is 80.0 Å². The van der Waals surface area contributed by atoms with Crippen molar-refractivity contribution in [1.82, 2.24) is 14.8 Å². The third-order valence-electron chi connectivity index (χ3n) is 3.24. The Balaban J connectivity index is 1.88. The van der Waals surface area contributed by atoms with Crippen LogP contribution in [0.3, 0.4) is 0 Å². The lowest BCUT2D eigenvalue weighted by Crippen LogP contribution is -2.17. The molecule has 3 rings (SSSR count). The molecule has 3 heterocycles. The van der Waals surface area contributed by atoms with Gasteiger partial charge in [0.1, 0.15) is 11.5 Å². The van der Waals surface area contributed by atoms with E-state index in [1.54, 1.807) is 28.3 Å². The number of carbonyl (C=O) groups excluding carboxylic acids is 1. The Morgan fingerprint density at radius 1 is 1.39 bits per heavy atom. The van der Waals surface area contributed by atoms with Crippen molar-refractivity contribution in [2.75, 3.05) is 11.9 Å². The summed E-state index contributed by atoms with van der Waals surface area (Å²) in [5, 5.41) is 18.4. The van der Waals surface area contributed by atoms with Crippen molar-refractivity contribution in [2.24, 2.45) is 0 Å². The average Bonchev–Trinajstić information content (AvgIpc) is 3.18. The number of aliphatic hydroxyl groups is 1. The summed E-state index contributed by atoms with van der Waals surface area (Å²) in [6, 6.07) is 7.49. The Labute approximate surface area is 137 Å². The van der Waals surface area contributed by atoms with Crippen LogP contribution >= 0.6 is 11.3 Å². The summed E-state index contributed by atoms with van der Waals surface area (Å²) in [5.41, 5.74) is 2.17. The number of thiophene rings is 1. The summed E-state index contributed by atoms with van der Waals surface area (Å²) in [5.74, 6) is 0.298. The molecule has 0 spiro atoms. The lowest BCUT2D eigenvalue weighted by atomic mass is 10.2. The molecule has 2 N–H and O–H groups in total. The molecule has 0 unspecified atom stereocenters. The second-order valence-corrected chi connectivity index (χ2v) is 5.99. The molecular weight excluding hydrogens is 312 g/mol. The molecule has 0 radical (unpaired) electrons. The van der Waals surface area contributed by atoms with Gasteiger partial charge < -0.3 is 10.4 Å². The van der Waals surface area contributed by atoms with Crippen LogP contribution in [0.25, 0.3) is 10.6 Å². The molecule has 7 heteroatoms. The van der Waals surface area contributed by atoms with E-state index in [4.69, 9.17) is 0 Å². The van der Waals surface area contributed by atoms with Crippen LogP contribution in [0.1, 0.15) is 15.9 Å². The number of anilines is 1. The number of pyridine rings is 1. The first-order valence-electron chi connectivity index (χ1n) is 7.13. The van der Waals surface area contributed by atoms with Gasteiger partial charge in [-0.15, -0.1) is 11.3 Å². The molecule has 3 aromatic rings. The van der Waals surface area contributed by atoms with E-state index >= 15 is 0 Å². The maximum atomic E-state index is 12.4. The Bertz CT molecular complexity index is 811. The number of carbonyl (C=O) groups is 1. The van der Waals surface area contributed by atoms with Crippen molar-refractivity contribution in [3.05, 3.63) is 53.2 Å². The summed E-state index contributed by atoms with van der Waals surface area (Å²) in [6.07, 6.45) is 3.22. The maximum Gasteiger partial charge on any atom is 0.258 e. The number of hydrogen-bond donors (Lipinski definition) is 2. The lowest BCUT2D eigenvalue weighted by molar-refractivity contribution is 0.102.